The summed E-state index contributed by atoms with van der Waals surface area (Å²) >= 11 is 0. The molecule has 2 rings (SSSR count). The molecule has 0 spiro atoms. The Bertz CT molecular complexity index is 443. The minimum Gasteiger partial charge on any atom is -0.460 e. The van der Waals surface area contributed by atoms with Crippen molar-refractivity contribution in [1.29, 1.82) is 0 Å². The topological polar surface area (TPSA) is 25.5 Å². The van der Waals surface area contributed by atoms with Crippen LogP contribution in [0, 0.1) is 6.92 Å². The van der Waals surface area contributed by atoms with Gasteiger partial charge in [-0.25, -0.2) is 0 Å². The number of hydrogen-bond acceptors (Lipinski definition) is 2. The lowest BCUT2D eigenvalue weighted by Crippen LogP contribution is -1.81. The Morgan fingerprint density at radius 3 is 2.60 bits per heavy atom. The molecule has 15 heavy (non-hydrogen) atoms. The molecular weight excluding hydrogens is 186 g/mol. The van der Waals surface area contributed by atoms with Crippen LogP contribution in [0.3, 0.4) is 0 Å². The molecule has 2 heteroatoms. The Morgan fingerprint density at radius 1 is 1.13 bits per heavy atom. The molecule has 0 N–H and O–H groups in total. The van der Waals surface area contributed by atoms with Crippen LogP contribution < -0.4 is 0 Å². The van der Waals surface area contributed by atoms with E-state index in [1.54, 1.807) is 6.21 Å². The minimum absolute atomic E-state index is 0.695. The summed E-state index contributed by atoms with van der Waals surface area (Å²) in [5, 5.41) is 0. The summed E-state index contributed by atoms with van der Waals surface area (Å²) in [6.45, 7) is 2.62. The third-order valence-corrected chi connectivity index (χ3v) is 2.10. The molecule has 0 aliphatic rings. The zero-order valence-electron chi connectivity index (χ0n) is 8.68. The van der Waals surface area contributed by atoms with Gasteiger partial charge in [0.2, 0.25) is 0 Å². The minimum atomic E-state index is 0.695. The van der Waals surface area contributed by atoms with E-state index in [1.165, 1.54) is 5.56 Å². The largest absolute Gasteiger partial charge is 0.460 e. The van der Waals surface area contributed by atoms with Gasteiger partial charge in [0.25, 0.3) is 0 Å². The molecule has 0 saturated carbocycles. The second kappa shape index (κ2) is 4.60. The van der Waals surface area contributed by atoms with Crippen molar-refractivity contribution in [3.63, 3.8) is 0 Å². The van der Waals surface area contributed by atoms with Crippen LogP contribution in [0.25, 0.3) is 0 Å². The Hall–Kier alpha value is -1.83. The first kappa shape index (κ1) is 9.71. The molecule has 0 fully saturated rings. The van der Waals surface area contributed by atoms with Gasteiger partial charge in [-0.15, -0.1) is 0 Å². The van der Waals surface area contributed by atoms with Gasteiger partial charge in [-0.1, -0.05) is 30.3 Å². The fourth-order valence-electron chi connectivity index (χ4n) is 1.35. The molecule has 0 saturated heterocycles. The fraction of sp³-hybridized carbons (Fsp3) is 0.154. The van der Waals surface area contributed by atoms with Crippen LogP contribution in [0.4, 0.5) is 0 Å². The van der Waals surface area contributed by atoms with Crippen LogP contribution in [-0.4, -0.2) is 6.21 Å². The zero-order valence-corrected chi connectivity index (χ0v) is 8.68. The SMILES string of the molecule is Cc1ccc(C=NCc2ccccc2)o1. The zero-order chi connectivity index (χ0) is 10.5. The van der Waals surface area contributed by atoms with Gasteiger partial charge in [0.05, 0.1) is 12.8 Å². The number of hydrogen-bond donors (Lipinski definition) is 0. The monoisotopic (exact) mass is 199 g/mol. The summed E-state index contributed by atoms with van der Waals surface area (Å²) in [5.74, 6) is 1.72. The highest BCUT2D eigenvalue weighted by Crippen LogP contribution is 2.04. The van der Waals surface area contributed by atoms with Gasteiger partial charge in [0, 0.05) is 0 Å². The molecule has 0 aliphatic heterocycles. The first-order valence-electron chi connectivity index (χ1n) is 4.95. The van der Waals surface area contributed by atoms with Crippen molar-refractivity contribution < 1.29 is 4.42 Å². The van der Waals surface area contributed by atoms with Crippen LogP contribution in [0.2, 0.25) is 0 Å². The molecule has 1 aromatic heterocycles. The van der Waals surface area contributed by atoms with E-state index < -0.39 is 0 Å². The van der Waals surface area contributed by atoms with Gasteiger partial charge in [0.15, 0.2) is 0 Å². The van der Waals surface area contributed by atoms with Crippen molar-refractivity contribution in [1.82, 2.24) is 0 Å². The maximum atomic E-state index is 5.37. The number of aryl methyl sites for hydroxylation is 1. The normalized spacial score (nSPS) is 11.0. The highest BCUT2D eigenvalue weighted by molar-refractivity contribution is 5.75. The number of furan rings is 1. The van der Waals surface area contributed by atoms with Crippen LogP contribution in [0.15, 0.2) is 51.9 Å². The summed E-state index contributed by atoms with van der Waals surface area (Å²) in [7, 11) is 0. The smallest absolute Gasteiger partial charge is 0.144 e. The molecule has 0 bridgehead atoms. The molecule has 1 aromatic carbocycles. The van der Waals surface area contributed by atoms with E-state index in [4.69, 9.17) is 4.42 Å². The van der Waals surface area contributed by atoms with Crippen molar-refractivity contribution in [2.45, 2.75) is 13.5 Å². The summed E-state index contributed by atoms with van der Waals surface area (Å²) in [4.78, 5) is 4.31. The van der Waals surface area contributed by atoms with E-state index in [0.717, 1.165) is 11.5 Å². The Kier molecular flexibility index (Phi) is 2.98. The van der Waals surface area contributed by atoms with Crippen molar-refractivity contribution in [2.24, 2.45) is 4.99 Å². The van der Waals surface area contributed by atoms with Crippen molar-refractivity contribution in [3.8, 4) is 0 Å². The lowest BCUT2D eigenvalue weighted by molar-refractivity contribution is 0.527. The Balaban J connectivity index is 1.96. The third kappa shape index (κ3) is 2.81. The van der Waals surface area contributed by atoms with E-state index in [1.807, 2.05) is 37.3 Å². The summed E-state index contributed by atoms with van der Waals surface area (Å²) in [6.07, 6.45) is 1.76. The maximum Gasteiger partial charge on any atom is 0.144 e. The lowest BCUT2D eigenvalue weighted by atomic mass is 10.2. The molecule has 76 valence electrons. The Labute approximate surface area is 89.3 Å². The predicted octanol–water partition coefficient (Wildman–Crippen LogP) is 3.21. The van der Waals surface area contributed by atoms with Gasteiger partial charge >= 0.3 is 0 Å². The number of aliphatic imine (C=N–C) groups is 1. The van der Waals surface area contributed by atoms with Gasteiger partial charge in [-0.3, -0.25) is 4.99 Å². The van der Waals surface area contributed by atoms with E-state index in [2.05, 4.69) is 17.1 Å². The Morgan fingerprint density at radius 2 is 1.93 bits per heavy atom. The molecule has 0 unspecified atom stereocenters. The highest BCUT2D eigenvalue weighted by Gasteiger charge is 1.93. The molecule has 0 atom stereocenters. The number of rotatable bonds is 3. The molecule has 0 aliphatic carbocycles. The van der Waals surface area contributed by atoms with Crippen LogP contribution in [-0.2, 0) is 6.54 Å². The van der Waals surface area contributed by atoms with Crippen molar-refractivity contribution in [2.75, 3.05) is 0 Å². The van der Waals surface area contributed by atoms with E-state index in [9.17, 15) is 0 Å². The second-order valence-corrected chi connectivity index (χ2v) is 3.40. The lowest BCUT2D eigenvalue weighted by Gasteiger charge is -1.93. The third-order valence-electron chi connectivity index (χ3n) is 2.10. The molecule has 0 amide bonds. The fourth-order valence-corrected chi connectivity index (χ4v) is 1.35. The number of nitrogens with zero attached hydrogens (tertiary/aromatic N) is 1. The highest BCUT2D eigenvalue weighted by atomic mass is 16.3. The van der Waals surface area contributed by atoms with Gasteiger partial charge in [-0.2, -0.15) is 0 Å². The van der Waals surface area contributed by atoms with Crippen LogP contribution in [0.5, 0.6) is 0 Å². The van der Waals surface area contributed by atoms with Gasteiger partial charge in [-0.05, 0) is 24.6 Å². The average Bonchev–Trinajstić information content (AvgIpc) is 2.66. The van der Waals surface area contributed by atoms with Crippen molar-refractivity contribution >= 4 is 6.21 Å². The molecule has 1 heterocycles. The average molecular weight is 199 g/mol. The van der Waals surface area contributed by atoms with E-state index in [0.29, 0.717) is 6.54 Å². The first-order chi connectivity index (χ1) is 7.34. The summed E-state index contributed by atoms with van der Waals surface area (Å²) in [6, 6.07) is 14.0. The number of benzene rings is 1. The predicted molar refractivity (Wildman–Crippen MR) is 61.2 cm³/mol. The van der Waals surface area contributed by atoms with Crippen molar-refractivity contribution in [3.05, 3.63) is 59.5 Å². The molecule has 2 nitrogen and oxygen atoms in total. The van der Waals surface area contributed by atoms with E-state index in [-0.39, 0.29) is 0 Å². The first-order valence-corrected chi connectivity index (χ1v) is 4.95. The van der Waals surface area contributed by atoms with Crippen LogP contribution in [0.1, 0.15) is 17.1 Å². The quantitative estimate of drug-likeness (QED) is 0.697. The molecule has 2 aromatic rings. The standard InChI is InChI=1S/C13H13NO/c1-11-7-8-13(15-11)10-14-9-12-5-3-2-4-6-12/h2-8,10H,9H2,1H3. The van der Waals surface area contributed by atoms with Gasteiger partial charge < -0.3 is 4.42 Å². The summed E-state index contributed by atoms with van der Waals surface area (Å²) < 4.78 is 5.37. The van der Waals surface area contributed by atoms with Crippen LogP contribution >= 0.6 is 0 Å². The summed E-state index contributed by atoms with van der Waals surface area (Å²) in [5.41, 5.74) is 1.21. The second-order valence-electron chi connectivity index (χ2n) is 3.40. The molecule has 0 radical (unpaired) electrons. The molecular formula is C13H13NO. The maximum absolute atomic E-state index is 5.37. The van der Waals surface area contributed by atoms with E-state index >= 15 is 0 Å². The van der Waals surface area contributed by atoms with Gasteiger partial charge in [0.1, 0.15) is 11.5 Å².